The van der Waals surface area contributed by atoms with E-state index in [4.69, 9.17) is 9.47 Å². The molecular weight excluding hydrogens is 442 g/mol. The molecule has 6 nitrogen and oxygen atoms in total. The Morgan fingerprint density at radius 3 is 2.66 bits per heavy atom. The predicted molar refractivity (Wildman–Crippen MR) is 135 cm³/mol. The maximum atomic E-state index is 11.3. The summed E-state index contributed by atoms with van der Waals surface area (Å²) < 4.78 is 11.9. The van der Waals surface area contributed by atoms with Crippen LogP contribution < -0.4 is 10.1 Å². The molecule has 5 atom stereocenters. The minimum absolute atomic E-state index is 0.0609. The van der Waals surface area contributed by atoms with E-state index in [1.165, 1.54) is 16.3 Å². The van der Waals surface area contributed by atoms with Crippen LogP contribution in [-0.2, 0) is 16.0 Å². The fourth-order valence-corrected chi connectivity index (χ4v) is 5.24. The molecule has 0 aromatic heterocycles. The number of fused-ring (bicyclic) bond motifs is 4. The van der Waals surface area contributed by atoms with E-state index >= 15 is 0 Å². The van der Waals surface area contributed by atoms with Crippen LogP contribution in [0.4, 0.5) is 0 Å². The zero-order valence-electron chi connectivity index (χ0n) is 20.4. The fraction of sp³-hybridized carbons (Fsp3) is 0.414. The maximum absolute atomic E-state index is 11.3. The Balaban J connectivity index is 1.12. The van der Waals surface area contributed by atoms with Crippen molar-refractivity contribution in [3.05, 3.63) is 77.4 Å². The van der Waals surface area contributed by atoms with E-state index in [1.54, 1.807) is 0 Å². The normalized spacial score (nSPS) is 22.2. The molecule has 1 aliphatic heterocycles. The molecule has 184 valence electrons. The summed E-state index contributed by atoms with van der Waals surface area (Å²) >= 11 is 0. The highest BCUT2D eigenvalue weighted by molar-refractivity contribution is 5.83. The number of hydrogen-bond donors (Lipinski definition) is 3. The molecule has 0 amide bonds. The lowest BCUT2D eigenvalue weighted by Crippen LogP contribution is -2.46. The van der Waals surface area contributed by atoms with E-state index in [9.17, 15) is 15.0 Å². The van der Waals surface area contributed by atoms with Crippen molar-refractivity contribution in [2.75, 3.05) is 13.2 Å². The van der Waals surface area contributed by atoms with E-state index in [0.29, 0.717) is 6.54 Å². The zero-order chi connectivity index (χ0) is 24.7. The van der Waals surface area contributed by atoms with Gasteiger partial charge in [0.25, 0.3) is 0 Å². The van der Waals surface area contributed by atoms with Gasteiger partial charge in [0.05, 0.1) is 18.8 Å². The minimum atomic E-state index is -0.806. The van der Waals surface area contributed by atoms with Crippen LogP contribution in [0.3, 0.4) is 0 Å². The van der Waals surface area contributed by atoms with Gasteiger partial charge in [-0.3, -0.25) is 4.79 Å². The van der Waals surface area contributed by atoms with E-state index in [1.807, 2.05) is 31.2 Å². The third kappa shape index (κ3) is 4.92. The van der Waals surface area contributed by atoms with Crippen LogP contribution in [0, 0.1) is 5.92 Å². The summed E-state index contributed by atoms with van der Waals surface area (Å²) in [5.74, 6) is -0.565. The number of rotatable bonds is 10. The second-order valence-corrected chi connectivity index (χ2v) is 10.5. The van der Waals surface area contributed by atoms with Crippen molar-refractivity contribution in [2.45, 2.75) is 57.0 Å². The first-order chi connectivity index (χ1) is 16.7. The van der Waals surface area contributed by atoms with E-state index < -0.39 is 18.0 Å². The Morgan fingerprint density at radius 2 is 1.89 bits per heavy atom. The Kier molecular flexibility index (Phi) is 6.30. The largest absolute Gasteiger partial charge is 0.488 e. The van der Waals surface area contributed by atoms with Gasteiger partial charge in [0.1, 0.15) is 17.8 Å². The zero-order valence-corrected chi connectivity index (χ0v) is 20.4. The summed E-state index contributed by atoms with van der Waals surface area (Å²) in [5.41, 5.74) is 2.91. The first kappa shape index (κ1) is 23.8. The van der Waals surface area contributed by atoms with Gasteiger partial charge in [0.2, 0.25) is 0 Å². The molecule has 0 saturated heterocycles. The molecule has 3 aromatic rings. The molecule has 0 bridgehead atoms. The van der Waals surface area contributed by atoms with Crippen LogP contribution in [0.15, 0.2) is 60.7 Å². The van der Waals surface area contributed by atoms with E-state index in [0.717, 1.165) is 23.3 Å². The van der Waals surface area contributed by atoms with Gasteiger partial charge >= 0.3 is 5.97 Å². The summed E-state index contributed by atoms with van der Waals surface area (Å²) in [5, 5.41) is 25.8. The van der Waals surface area contributed by atoms with E-state index in [-0.39, 0.29) is 30.3 Å². The van der Waals surface area contributed by atoms with Gasteiger partial charge in [-0.1, -0.05) is 60.7 Å². The molecule has 35 heavy (non-hydrogen) atoms. The van der Waals surface area contributed by atoms with E-state index in [2.05, 4.69) is 55.6 Å². The number of benzene rings is 3. The van der Waals surface area contributed by atoms with Crippen molar-refractivity contribution in [3.8, 4) is 5.75 Å². The van der Waals surface area contributed by atoms with Gasteiger partial charge in [0, 0.05) is 29.1 Å². The summed E-state index contributed by atoms with van der Waals surface area (Å²) in [4.78, 5) is 11.3. The fourth-order valence-electron chi connectivity index (χ4n) is 5.24. The number of ether oxygens (including phenoxy) is 2. The van der Waals surface area contributed by atoms with Crippen molar-refractivity contribution in [1.29, 1.82) is 0 Å². The Labute approximate surface area is 205 Å². The molecule has 1 saturated carbocycles. The van der Waals surface area contributed by atoms with Crippen LogP contribution in [-0.4, -0.2) is 47.1 Å². The van der Waals surface area contributed by atoms with Gasteiger partial charge < -0.3 is 25.0 Å². The number of carboxylic acid groups (broad SMARTS) is 1. The monoisotopic (exact) mass is 475 g/mol. The van der Waals surface area contributed by atoms with Crippen molar-refractivity contribution in [1.82, 2.24) is 5.32 Å². The number of nitrogens with one attached hydrogen (secondary N) is 1. The summed E-state index contributed by atoms with van der Waals surface area (Å²) in [6.45, 7) is 6.81. The Bertz CT molecular complexity index is 1240. The van der Waals surface area contributed by atoms with Gasteiger partial charge in [-0.25, -0.2) is 0 Å². The molecule has 3 aromatic carbocycles. The van der Waals surface area contributed by atoms with Crippen molar-refractivity contribution >= 4 is 16.7 Å². The average molecular weight is 476 g/mol. The molecule has 1 aliphatic carbocycles. The lowest BCUT2D eigenvalue weighted by atomic mass is 9.93. The third-order valence-electron chi connectivity index (χ3n) is 7.18. The number of aliphatic hydroxyl groups excluding tert-OH is 1. The van der Waals surface area contributed by atoms with Gasteiger partial charge in [-0.2, -0.15) is 0 Å². The van der Waals surface area contributed by atoms with Gasteiger partial charge in [-0.05, 0) is 43.5 Å². The lowest BCUT2D eigenvalue weighted by molar-refractivity contribution is -0.139. The second-order valence-electron chi connectivity index (χ2n) is 10.5. The molecule has 5 rings (SSSR count). The number of para-hydroxylation sites is 1. The molecule has 2 aliphatic rings. The predicted octanol–water partition coefficient (Wildman–Crippen LogP) is 4.45. The molecule has 1 heterocycles. The van der Waals surface area contributed by atoms with Crippen molar-refractivity contribution in [3.63, 3.8) is 0 Å². The molecule has 0 unspecified atom stereocenters. The molecule has 0 spiro atoms. The minimum Gasteiger partial charge on any atom is -0.488 e. The standard InChI is InChI=1S/C29H33NO5/c1-17(22-9-6-10-23-24-25(28(32)33)27(24)35-26(22)23)34-16-21(31)15-30-29(2,3)14-18-11-12-19-7-4-5-8-20(19)13-18/h4-13,17,21,24-25,27,30-31H,14-16H2,1-3H3,(H,32,33)/t17-,21-,24+,25+,27+/m1/s1. The summed E-state index contributed by atoms with van der Waals surface area (Å²) in [6.07, 6.45) is -0.355. The maximum Gasteiger partial charge on any atom is 0.311 e. The third-order valence-corrected chi connectivity index (χ3v) is 7.18. The van der Waals surface area contributed by atoms with Crippen LogP contribution >= 0.6 is 0 Å². The van der Waals surface area contributed by atoms with Gasteiger partial charge in [0.15, 0.2) is 0 Å². The smallest absolute Gasteiger partial charge is 0.311 e. The average Bonchev–Trinajstić information content (AvgIpc) is 3.43. The van der Waals surface area contributed by atoms with Crippen molar-refractivity contribution in [2.24, 2.45) is 5.92 Å². The quantitative estimate of drug-likeness (QED) is 0.402. The first-order valence-electron chi connectivity index (χ1n) is 12.3. The number of carbonyl (C=O) groups is 1. The van der Waals surface area contributed by atoms with Gasteiger partial charge in [-0.15, -0.1) is 0 Å². The molecule has 1 fully saturated rings. The number of hydrogen-bond acceptors (Lipinski definition) is 5. The second kappa shape index (κ2) is 9.26. The van der Waals surface area contributed by atoms with Crippen LogP contribution in [0.2, 0.25) is 0 Å². The highest BCUT2D eigenvalue weighted by Gasteiger charge is 2.63. The molecular formula is C29H33NO5. The van der Waals surface area contributed by atoms with Crippen molar-refractivity contribution < 1.29 is 24.5 Å². The molecule has 0 radical (unpaired) electrons. The molecule has 3 N–H and O–H groups in total. The topological polar surface area (TPSA) is 88.0 Å². The van der Waals surface area contributed by atoms with Crippen LogP contribution in [0.1, 0.15) is 49.5 Å². The number of aliphatic hydroxyl groups is 1. The summed E-state index contributed by atoms with van der Waals surface area (Å²) in [6, 6.07) is 20.7. The number of aliphatic carboxylic acids is 1. The Hall–Kier alpha value is -2.93. The highest BCUT2D eigenvalue weighted by Crippen LogP contribution is 2.59. The SMILES string of the molecule is C[C@@H](OC[C@H](O)CNC(C)(C)Cc1ccc2ccccc2c1)c1cccc2c1O[C@@H]1[C@@H](C(=O)O)[C@H]21. The lowest BCUT2D eigenvalue weighted by Gasteiger charge is -2.28. The number of β-amino-alcohol motifs (C(OH)–C–C–N with tert-alkyl or cyclic N) is 1. The molecule has 6 heteroatoms. The summed E-state index contributed by atoms with van der Waals surface area (Å²) in [7, 11) is 0. The highest BCUT2D eigenvalue weighted by atomic mass is 16.5. The first-order valence-corrected chi connectivity index (χ1v) is 12.3. The van der Waals surface area contributed by atoms with Crippen LogP contribution in [0.25, 0.3) is 10.8 Å². The number of carboxylic acids is 1. The van der Waals surface area contributed by atoms with Crippen LogP contribution in [0.5, 0.6) is 5.75 Å². The Morgan fingerprint density at radius 1 is 1.11 bits per heavy atom.